The highest BCUT2D eigenvalue weighted by Crippen LogP contribution is 2.21. The van der Waals surface area contributed by atoms with Crippen LogP contribution >= 0.6 is 0 Å². The standard InChI is InChI=1S/C19H13N3O3/c23-18(15-9-13-4-1-2-7-17(13)25-19(15)24)22-14-6-3-5-12(8-14)16-10-20-11-21-16/h1-11H,(H,20,21)(H,22,23). The van der Waals surface area contributed by atoms with Gasteiger partial charge in [0.25, 0.3) is 5.91 Å². The molecule has 1 amide bonds. The molecule has 0 aliphatic heterocycles. The first kappa shape index (κ1) is 14.9. The molecule has 0 unspecified atom stereocenters. The molecule has 122 valence electrons. The summed E-state index contributed by atoms with van der Waals surface area (Å²) in [6, 6.07) is 15.9. The molecule has 2 aromatic carbocycles. The van der Waals surface area contributed by atoms with Crippen LogP contribution in [0.25, 0.3) is 22.2 Å². The van der Waals surface area contributed by atoms with Gasteiger partial charge in [-0.1, -0.05) is 30.3 Å². The number of para-hydroxylation sites is 1. The van der Waals surface area contributed by atoms with Gasteiger partial charge in [-0.05, 0) is 24.3 Å². The van der Waals surface area contributed by atoms with E-state index in [2.05, 4.69) is 15.3 Å². The summed E-state index contributed by atoms with van der Waals surface area (Å²) in [5.74, 6) is -0.513. The lowest BCUT2D eigenvalue weighted by atomic mass is 10.1. The zero-order valence-electron chi connectivity index (χ0n) is 13.0. The molecule has 25 heavy (non-hydrogen) atoms. The van der Waals surface area contributed by atoms with Gasteiger partial charge in [0.1, 0.15) is 11.1 Å². The summed E-state index contributed by atoms with van der Waals surface area (Å²) in [5, 5.41) is 3.43. The fourth-order valence-electron chi connectivity index (χ4n) is 2.60. The van der Waals surface area contributed by atoms with Crippen molar-refractivity contribution in [1.82, 2.24) is 9.97 Å². The van der Waals surface area contributed by atoms with Gasteiger partial charge in [-0.15, -0.1) is 0 Å². The minimum Gasteiger partial charge on any atom is -0.422 e. The highest BCUT2D eigenvalue weighted by Gasteiger charge is 2.14. The van der Waals surface area contributed by atoms with Gasteiger partial charge in [0.05, 0.1) is 18.2 Å². The number of imidazole rings is 1. The Hall–Kier alpha value is -3.67. The molecule has 0 saturated heterocycles. The largest absolute Gasteiger partial charge is 0.422 e. The van der Waals surface area contributed by atoms with E-state index in [0.29, 0.717) is 16.7 Å². The van der Waals surface area contributed by atoms with Gasteiger partial charge in [-0.25, -0.2) is 9.78 Å². The van der Waals surface area contributed by atoms with Crippen molar-refractivity contribution in [2.24, 2.45) is 0 Å². The maximum atomic E-state index is 12.5. The molecular weight excluding hydrogens is 318 g/mol. The third-order valence-electron chi connectivity index (χ3n) is 3.82. The first-order chi connectivity index (χ1) is 12.2. The lowest BCUT2D eigenvalue weighted by Crippen LogP contribution is -2.20. The van der Waals surface area contributed by atoms with Crippen molar-refractivity contribution in [1.29, 1.82) is 0 Å². The molecule has 4 rings (SSSR count). The minimum atomic E-state index is -0.666. The summed E-state index contributed by atoms with van der Waals surface area (Å²) in [6.45, 7) is 0. The number of carbonyl (C=O) groups excluding carboxylic acids is 1. The van der Waals surface area contributed by atoms with Crippen molar-refractivity contribution in [2.75, 3.05) is 5.32 Å². The topological polar surface area (TPSA) is 88.0 Å². The van der Waals surface area contributed by atoms with Crippen LogP contribution in [0.1, 0.15) is 10.4 Å². The van der Waals surface area contributed by atoms with E-state index in [0.717, 1.165) is 11.3 Å². The molecule has 0 aliphatic rings. The number of aromatic nitrogens is 2. The first-order valence-electron chi connectivity index (χ1n) is 7.64. The van der Waals surface area contributed by atoms with Crippen LogP contribution in [0.4, 0.5) is 5.69 Å². The van der Waals surface area contributed by atoms with Crippen LogP contribution in [0, 0.1) is 0 Å². The first-order valence-corrected chi connectivity index (χ1v) is 7.64. The predicted octanol–water partition coefficient (Wildman–Crippen LogP) is 3.44. The van der Waals surface area contributed by atoms with Crippen LogP contribution in [-0.4, -0.2) is 15.9 Å². The Balaban J connectivity index is 1.65. The number of benzene rings is 2. The Labute approximate surface area is 142 Å². The number of amides is 1. The summed E-state index contributed by atoms with van der Waals surface area (Å²) in [6.07, 6.45) is 3.28. The van der Waals surface area contributed by atoms with Crippen molar-refractivity contribution in [3.05, 3.63) is 83.1 Å². The number of aromatic amines is 1. The Morgan fingerprint density at radius 1 is 1.08 bits per heavy atom. The lowest BCUT2D eigenvalue weighted by molar-refractivity contribution is 0.102. The molecule has 0 atom stereocenters. The highest BCUT2D eigenvalue weighted by molar-refractivity contribution is 6.05. The van der Waals surface area contributed by atoms with Crippen LogP contribution < -0.4 is 10.9 Å². The average molecular weight is 331 g/mol. The Bertz CT molecular complexity index is 1110. The number of nitrogens with zero attached hydrogens (tertiary/aromatic N) is 1. The van der Waals surface area contributed by atoms with Crippen LogP contribution in [0.15, 0.2) is 76.3 Å². The van der Waals surface area contributed by atoms with E-state index in [-0.39, 0.29) is 5.56 Å². The van der Waals surface area contributed by atoms with E-state index in [4.69, 9.17) is 4.42 Å². The van der Waals surface area contributed by atoms with Crippen LogP contribution in [-0.2, 0) is 0 Å². The SMILES string of the molecule is O=C(Nc1cccc(-c2cnc[nH]2)c1)c1cc2ccccc2oc1=O. The summed E-state index contributed by atoms with van der Waals surface area (Å²) in [7, 11) is 0. The van der Waals surface area contributed by atoms with Crippen molar-refractivity contribution in [3.63, 3.8) is 0 Å². The van der Waals surface area contributed by atoms with Gasteiger partial charge in [-0.3, -0.25) is 4.79 Å². The molecule has 0 bridgehead atoms. The molecule has 6 heteroatoms. The second-order valence-corrected chi connectivity index (χ2v) is 5.49. The van der Waals surface area contributed by atoms with Crippen molar-refractivity contribution in [3.8, 4) is 11.3 Å². The van der Waals surface area contributed by atoms with Gasteiger partial charge < -0.3 is 14.7 Å². The van der Waals surface area contributed by atoms with Crippen molar-refractivity contribution in [2.45, 2.75) is 0 Å². The third-order valence-corrected chi connectivity index (χ3v) is 3.82. The van der Waals surface area contributed by atoms with Crippen LogP contribution in [0.3, 0.4) is 0 Å². The fraction of sp³-hybridized carbons (Fsp3) is 0. The molecule has 0 spiro atoms. The molecular formula is C19H13N3O3. The van der Waals surface area contributed by atoms with E-state index in [9.17, 15) is 9.59 Å². The smallest absolute Gasteiger partial charge is 0.349 e. The molecule has 0 aliphatic carbocycles. The van der Waals surface area contributed by atoms with Gasteiger partial charge >= 0.3 is 5.63 Å². The third kappa shape index (κ3) is 2.92. The van der Waals surface area contributed by atoms with E-state index in [1.807, 2.05) is 18.2 Å². The molecule has 0 radical (unpaired) electrons. The zero-order valence-corrected chi connectivity index (χ0v) is 13.0. The minimum absolute atomic E-state index is 0.0364. The highest BCUT2D eigenvalue weighted by atomic mass is 16.4. The Kier molecular flexibility index (Phi) is 3.63. The van der Waals surface area contributed by atoms with E-state index in [1.54, 1.807) is 42.9 Å². The monoisotopic (exact) mass is 331 g/mol. The normalized spacial score (nSPS) is 10.7. The maximum Gasteiger partial charge on any atom is 0.349 e. The summed E-state index contributed by atoms with van der Waals surface area (Å²) in [4.78, 5) is 31.5. The van der Waals surface area contributed by atoms with Crippen LogP contribution in [0.2, 0.25) is 0 Å². The average Bonchev–Trinajstić information content (AvgIpc) is 3.16. The van der Waals surface area contributed by atoms with Gasteiger partial charge in [0.2, 0.25) is 0 Å². The fourth-order valence-corrected chi connectivity index (χ4v) is 2.60. The number of H-pyrrole nitrogens is 1. The van der Waals surface area contributed by atoms with Crippen molar-refractivity contribution < 1.29 is 9.21 Å². The molecule has 2 N–H and O–H groups in total. The molecule has 2 aromatic heterocycles. The maximum absolute atomic E-state index is 12.5. The van der Waals surface area contributed by atoms with E-state index in [1.165, 1.54) is 6.07 Å². The van der Waals surface area contributed by atoms with Gasteiger partial charge in [-0.2, -0.15) is 0 Å². The molecule has 0 saturated carbocycles. The zero-order chi connectivity index (χ0) is 17.2. The van der Waals surface area contributed by atoms with Gasteiger partial charge in [0.15, 0.2) is 0 Å². The summed E-state index contributed by atoms with van der Waals surface area (Å²) >= 11 is 0. The number of anilines is 1. The number of hydrogen-bond acceptors (Lipinski definition) is 4. The van der Waals surface area contributed by atoms with Gasteiger partial charge in [0, 0.05) is 16.6 Å². The molecule has 6 nitrogen and oxygen atoms in total. The Morgan fingerprint density at radius 2 is 1.96 bits per heavy atom. The molecule has 2 heterocycles. The summed E-state index contributed by atoms with van der Waals surface area (Å²) in [5.41, 5.74) is 2.03. The second-order valence-electron chi connectivity index (χ2n) is 5.49. The van der Waals surface area contributed by atoms with E-state index < -0.39 is 11.5 Å². The number of fused-ring (bicyclic) bond motifs is 1. The number of rotatable bonds is 3. The lowest BCUT2D eigenvalue weighted by Gasteiger charge is -2.07. The second kappa shape index (κ2) is 6.09. The predicted molar refractivity (Wildman–Crippen MR) is 94.5 cm³/mol. The van der Waals surface area contributed by atoms with Crippen LogP contribution in [0.5, 0.6) is 0 Å². The molecule has 0 fully saturated rings. The molecule has 4 aromatic rings. The number of hydrogen-bond donors (Lipinski definition) is 2. The van der Waals surface area contributed by atoms with E-state index >= 15 is 0 Å². The van der Waals surface area contributed by atoms with Crippen molar-refractivity contribution >= 4 is 22.6 Å². The number of nitrogens with one attached hydrogen (secondary N) is 2. The quantitative estimate of drug-likeness (QED) is 0.563. The Morgan fingerprint density at radius 3 is 2.80 bits per heavy atom. The number of carbonyl (C=O) groups is 1. The summed E-state index contributed by atoms with van der Waals surface area (Å²) < 4.78 is 5.20.